The minimum Gasteiger partial charge on any atom is -0.334 e. The first-order chi connectivity index (χ1) is 11.4. The second-order valence-electron chi connectivity index (χ2n) is 7.12. The summed E-state index contributed by atoms with van der Waals surface area (Å²) in [6, 6.07) is -0.0435. The lowest BCUT2D eigenvalue weighted by Gasteiger charge is -2.40. The number of likely N-dealkylation sites (N-methyl/N-ethyl adjacent to an activating group) is 1. The van der Waals surface area contributed by atoms with E-state index in [-0.39, 0.29) is 24.1 Å². The Labute approximate surface area is 143 Å². The number of imide groups is 1. The fourth-order valence-electron chi connectivity index (χ4n) is 3.56. The molecule has 2 saturated heterocycles. The molecular formula is C16H28N6O2. The van der Waals surface area contributed by atoms with Crippen LogP contribution in [0.3, 0.4) is 0 Å². The molecule has 0 aromatic rings. The number of nitrogens with one attached hydrogen (secondary N) is 1. The number of carbonyl (C=O) groups excluding carboxylic acids is 2. The SMILES string of the molecule is C[C@@H](CCCCN1C(=O)C2C(NC3=NCCN32)N(C)C1=O)N(C)C. The molecule has 0 aromatic heterocycles. The van der Waals surface area contributed by atoms with Crippen LogP contribution in [0.2, 0.25) is 0 Å². The Morgan fingerprint density at radius 1 is 1.33 bits per heavy atom. The van der Waals surface area contributed by atoms with Gasteiger partial charge in [0.1, 0.15) is 6.17 Å². The van der Waals surface area contributed by atoms with Crippen LogP contribution in [0.1, 0.15) is 26.2 Å². The average Bonchev–Trinajstić information content (AvgIpc) is 3.12. The summed E-state index contributed by atoms with van der Waals surface area (Å²) < 4.78 is 0. The van der Waals surface area contributed by atoms with Crippen LogP contribution < -0.4 is 5.32 Å². The van der Waals surface area contributed by atoms with Crippen molar-refractivity contribution in [3.05, 3.63) is 0 Å². The van der Waals surface area contributed by atoms with Crippen LogP contribution in [-0.4, -0.2) is 96.5 Å². The third-order valence-electron chi connectivity index (χ3n) is 5.39. The first-order valence-electron chi connectivity index (χ1n) is 8.74. The van der Waals surface area contributed by atoms with E-state index in [0.29, 0.717) is 19.1 Å². The van der Waals surface area contributed by atoms with Gasteiger partial charge in [-0.3, -0.25) is 14.7 Å². The first-order valence-corrected chi connectivity index (χ1v) is 8.74. The number of guanidine groups is 1. The van der Waals surface area contributed by atoms with Gasteiger partial charge in [-0.05, 0) is 33.9 Å². The lowest BCUT2D eigenvalue weighted by atomic mass is 10.1. The van der Waals surface area contributed by atoms with Gasteiger partial charge in [-0.15, -0.1) is 0 Å². The number of amides is 3. The highest BCUT2D eigenvalue weighted by molar-refractivity contribution is 6.04. The van der Waals surface area contributed by atoms with E-state index in [0.717, 1.165) is 31.8 Å². The van der Waals surface area contributed by atoms with Crippen molar-refractivity contribution in [3.8, 4) is 0 Å². The van der Waals surface area contributed by atoms with Gasteiger partial charge in [0.05, 0.1) is 6.54 Å². The number of rotatable bonds is 6. The molecule has 3 aliphatic heterocycles. The lowest BCUT2D eigenvalue weighted by Crippen LogP contribution is -2.66. The molecule has 134 valence electrons. The van der Waals surface area contributed by atoms with Crippen LogP contribution in [-0.2, 0) is 4.79 Å². The molecule has 8 heteroatoms. The maximum Gasteiger partial charge on any atom is 0.328 e. The maximum atomic E-state index is 12.9. The zero-order valence-corrected chi connectivity index (χ0v) is 15.0. The van der Waals surface area contributed by atoms with E-state index in [9.17, 15) is 9.59 Å². The molecule has 2 fully saturated rings. The predicted molar refractivity (Wildman–Crippen MR) is 91.6 cm³/mol. The molecule has 3 heterocycles. The average molecular weight is 336 g/mol. The van der Waals surface area contributed by atoms with Gasteiger partial charge in [0.2, 0.25) is 0 Å². The molecule has 0 radical (unpaired) electrons. The summed E-state index contributed by atoms with van der Waals surface area (Å²) in [7, 11) is 5.89. The number of hydrogen-bond donors (Lipinski definition) is 1. The number of carbonyl (C=O) groups is 2. The summed E-state index contributed by atoms with van der Waals surface area (Å²) >= 11 is 0. The molecule has 0 bridgehead atoms. The van der Waals surface area contributed by atoms with Crippen molar-refractivity contribution < 1.29 is 9.59 Å². The van der Waals surface area contributed by atoms with E-state index < -0.39 is 0 Å². The topological polar surface area (TPSA) is 71.5 Å². The molecule has 1 N–H and O–H groups in total. The Kier molecular flexibility index (Phi) is 4.67. The Balaban J connectivity index is 1.61. The normalized spacial score (nSPS) is 27.4. The van der Waals surface area contributed by atoms with Gasteiger partial charge in [0.25, 0.3) is 5.91 Å². The van der Waals surface area contributed by atoms with Crippen LogP contribution in [0.4, 0.5) is 4.79 Å². The first kappa shape index (κ1) is 17.0. The molecule has 0 saturated carbocycles. The minimum absolute atomic E-state index is 0.0941. The van der Waals surface area contributed by atoms with Crippen molar-refractivity contribution in [2.45, 2.75) is 44.4 Å². The van der Waals surface area contributed by atoms with Crippen molar-refractivity contribution in [2.24, 2.45) is 4.99 Å². The summed E-state index contributed by atoms with van der Waals surface area (Å²) in [6.07, 6.45) is 2.61. The van der Waals surface area contributed by atoms with Gasteiger partial charge in [-0.1, -0.05) is 6.42 Å². The van der Waals surface area contributed by atoms with Crippen molar-refractivity contribution >= 4 is 17.9 Å². The van der Waals surface area contributed by atoms with Crippen molar-refractivity contribution in [3.63, 3.8) is 0 Å². The van der Waals surface area contributed by atoms with Gasteiger partial charge >= 0.3 is 6.03 Å². The highest BCUT2D eigenvalue weighted by Crippen LogP contribution is 2.26. The van der Waals surface area contributed by atoms with Gasteiger partial charge in [0, 0.05) is 26.2 Å². The van der Waals surface area contributed by atoms with Gasteiger partial charge in [-0.25, -0.2) is 4.79 Å². The highest BCUT2D eigenvalue weighted by atomic mass is 16.2. The summed E-state index contributed by atoms with van der Waals surface area (Å²) in [4.78, 5) is 37.0. The Morgan fingerprint density at radius 3 is 2.79 bits per heavy atom. The molecule has 8 nitrogen and oxygen atoms in total. The van der Waals surface area contributed by atoms with E-state index in [1.807, 2.05) is 4.90 Å². The molecular weight excluding hydrogens is 308 g/mol. The number of hydrogen-bond acceptors (Lipinski definition) is 6. The summed E-state index contributed by atoms with van der Waals surface area (Å²) in [5.74, 6) is 0.656. The maximum absolute atomic E-state index is 12.9. The molecule has 3 atom stereocenters. The highest BCUT2D eigenvalue weighted by Gasteiger charge is 2.53. The quantitative estimate of drug-likeness (QED) is 0.690. The Hall–Kier alpha value is -1.83. The van der Waals surface area contributed by atoms with Crippen LogP contribution in [0, 0.1) is 0 Å². The second-order valence-corrected chi connectivity index (χ2v) is 7.12. The van der Waals surface area contributed by atoms with Gasteiger partial charge in [-0.2, -0.15) is 0 Å². The summed E-state index contributed by atoms with van der Waals surface area (Å²) in [6.45, 7) is 4.13. The molecule has 24 heavy (non-hydrogen) atoms. The van der Waals surface area contributed by atoms with Gasteiger partial charge in [0.15, 0.2) is 12.0 Å². The van der Waals surface area contributed by atoms with Crippen molar-refractivity contribution in [2.75, 3.05) is 40.8 Å². The monoisotopic (exact) mass is 336 g/mol. The molecule has 0 spiro atoms. The van der Waals surface area contributed by atoms with E-state index in [4.69, 9.17) is 0 Å². The predicted octanol–water partition coefficient (Wildman–Crippen LogP) is -0.0297. The number of fused-ring (bicyclic) bond motifs is 3. The largest absolute Gasteiger partial charge is 0.334 e. The molecule has 3 amide bonds. The van der Waals surface area contributed by atoms with E-state index in [1.54, 1.807) is 11.9 Å². The lowest BCUT2D eigenvalue weighted by molar-refractivity contribution is -0.137. The van der Waals surface area contributed by atoms with Gasteiger partial charge < -0.3 is 20.0 Å². The summed E-state index contributed by atoms with van der Waals surface area (Å²) in [5.41, 5.74) is 0. The number of urea groups is 1. The number of nitrogens with zero attached hydrogens (tertiary/aromatic N) is 5. The number of unbranched alkanes of at least 4 members (excludes halogenated alkanes) is 1. The van der Waals surface area contributed by atoms with Crippen molar-refractivity contribution in [1.29, 1.82) is 0 Å². The fraction of sp³-hybridized carbons (Fsp3) is 0.812. The summed E-state index contributed by atoms with van der Waals surface area (Å²) in [5, 5.41) is 3.21. The number of aliphatic imine (C=N–C) groups is 1. The Morgan fingerprint density at radius 2 is 2.08 bits per heavy atom. The van der Waals surface area contributed by atoms with Crippen molar-refractivity contribution in [1.82, 2.24) is 24.9 Å². The standard InChI is InChI=1S/C16H28N6O2/c1-11(19(2)3)7-5-6-9-22-14(23)12-13(20(4)16(22)24)18-15-17-8-10-21(12)15/h11-13H,5-10H2,1-4H3,(H,17,18)/t11-,12?,13?/m0/s1. The third-order valence-corrected chi connectivity index (χ3v) is 5.39. The van der Waals surface area contributed by atoms with E-state index >= 15 is 0 Å². The second kappa shape index (κ2) is 6.58. The smallest absolute Gasteiger partial charge is 0.328 e. The Bertz CT molecular complexity index is 549. The zero-order valence-electron chi connectivity index (χ0n) is 15.0. The van der Waals surface area contributed by atoms with Crippen LogP contribution >= 0.6 is 0 Å². The van der Waals surface area contributed by atoms with Crippen LogP contribution in [0.15, 0.2) is 4.99 Å². The molecule has 2 unspecified atom stereocenters. The molecule has 0 aliphatic carbocycles. The minimum atomic E-state index is -0.338. The third kappa shape index (κ3) is 2.83. The molecule has 0 aromatic carbocycles. The molecule has 3 aliphatic rings. The van der Waals surface area contributed by atoms with Crippen LogP contribution in [0.25, 0.3) is 0 Å². The molecule has 3 rings (SSSR count). The zero-order chi connectivity index (χ0) is 17.4. The van der Waals surface area contributed by atoms with E-state index in [2.05, 4.69) is 36.2 Å². The van der Waals surface area contributed by atoms with Crippen LogP contribution in [0.5, 0.6) is 0 Å². The fourth-order valence-corrected chi connectivity index (χ4v) is 3.56. The van der Waals surface area contributed by atoms with E-state index in [1.165, 1.54) is 4.90 Å².